The smallest absolute Gasteiger partial charge is 0.309 e. The molecule has 1 aromatic carbocycles. The molecule has 8 atom stereocenters. The molecule has 7 rings (SSSR count). The van der Waals surface area contributed by atoms with Crippen molar-refractivity contribution in [2.45, 2.75) is 164 Å². The highest BCUT2D eigenvalue weighted by molar-refractivity contribution is 6.40. The lowest BCUT2D eigenvalue weighted by atomic mass is 9.33. The molecule has 1 amide bonds. The minimum absolute atomic E-state index is 0.0179. The van der Waals surface area contributed by atoms with Crippen LogP contribution in [0.3, 0.4) is 0 Å². The normalized spacial score (nSPS) is 36.8. The van der Waals surface area contributed by atoms with Gasteiger partial charge in [0.05, 0.1) is 22.8 Å². The van der Waals surface area contributed by atoms with Gasteiger partial charge in [-0.15, -0.1) is 0 Å². The maximum absolute atomic E-state index is 15.0. The number of nitrogens with one attached hydrogen (secondary N) is 1. The van der Waals surface area contributed by atoms with Crippen LogP contribution in [0.2, 0.25) is 5.02 Å². The third-order valence-corrected chi connectivity index (χ3v) is 17.9. The number of ether oxygens (including phenoxy) is 1. The van der Waals surface area contributed by atoms with E-state index in [0.29, 0.717) is 23.3 Å². The van der Waals surface area contributed by atoms with Gasteiger partial charge in [0.1, 0.15) is 6.10 Å². The molecular formula is C48H66ClNO7. The van der Waals surface area contributed by atoms with E-state index in [-0.39, 0.29) is 58.2 Å². The van der Waals surface area contributed by atoms with Crippen LogP contribution in [-0.2, 0) is 34.2 Å². The molecule has 8 nitrogen and oxygen atoms in total. The molecule has 6 aliphatic carbocycles. The van der Waals surface area contributed by atoms with Crippen LogP contribution in [0.4, 0.5) is 0 Å². The lowest BCUT2D eigenvalue weighted by Crippen LogP contribution is -2.66. The maximum atomic E-state index is 15.0. The summed E-state index contributed by atoms with van der Waals surface area (Å²) in [6.07, 6.45) is 9.76. The van der Waals surface area contributed by atoms with Gasteiger partial charge in [0.25, 0.3) is 5.91 Å². The summed E-state index contributed by atoms with van der Waals surface area (Å²) in [5.74, 6) is -1.77. The van der Waals surface area contributed by atoms with Crippen LogP contribution in [0.1, 0.15) is 158 Å². The van der Waals surface area contributed by atoms with Gasteiger partial charge >= 0.3 is 11.9 Å². The number of hydrogen-bond donors (Lipinski definition) is 2. The highest BCUT2D eigenvalue weighted by Crippen LogP contribution is 2.77. The fraction of sp³-hybridized carbons (Fsp3) is 0.729. The summed E-state index contributed by atoms with van der Waals surface area (Å²) >= 11 is 6.25. The number of esters is 1. The number of allylic oxidation sites excluding steroid dienone is 2. The Labute approximate surface area is 345 Å². The van der Waals surface area contributed by atoms with Crippen molar-refractivity contribution in [1.29, 1.82) is 0 Å². The highest BCUT2D eigenvalue weighted by atomic mass is 35.5. The SMILES string of the molecule is CC(C)C1=C2[C@H]3CC[C@@H]4[C@@]5(C)CC[C@H](OC(=O)CC(C)(C)C(=O)O)C(C)(C)[C@@H]5CC[C@@]4(C)[C@]3(C)CC[C@@]2(C(=O)C(=O)NC2(c3ccc(Cl)cc3)CCCC2)CC1=O. The van der Waals surface area contributed by atoms with Crippen molar-refractivity contribution in [2.75, 3.05) is 0 Å². The summed E-state index contributed by atoms with van der Waals surface area (Å²) in [5.41, 5.74) is -0.788. The molecule has 0 radical (unpaired) electrons. The number of fused-ring (bicyclic) bond motifs is 7. The number of benzene rings is 1. The van der Waals surface area contributed by atoms with Crippen molar-refractivity contribution in [2.24, 2.45) is 56.2 Å². The molecule has 0 spiro atoms. The summed E-state index contributed by atoms with van der Waals surface area (Å²) in [6.45, 7) is 19.1. The minimum Gasteiger partial charge on any atom is -0.481 e. The summed E-state index contributed by atoms with van der Waals surface area (Å²) in [7, 11) is 0. The first-order chi connectivity index (χ1) is 26.5. The van der Waals surface area contributed by atoms with E-state index in [4.69, 9.17) is 16.3 Å². The number of carboxylic acid groups (broad SMARTS) is 1. The highest BCUT2D eigenvalue weighted by Gasteiger charge is 2.71. The molecule has 1 aromatic rings. The summed E-state index contributed by atoms with van der Waals surface area (Å²) < 4.78 is 6.17. The number of hydrogen-bond acceptors (Lipinski definition) is 6. The molecule has 6 aliphatic rings. The number of carbonyl (C=O) groups excluding carboxylic acids is 4. The Hall–Kier alpha value is -3.00. The molecule has 0 saturated heterocycles. The molecule has 312 valence electrons. The van der Waals surface area contributed by atoms with Crippen molar-refractivity contribution >= 4 is 41.0 Å². The van der Waals surface area contributed by atoms with E-state index in [1.165, 1.54) is 0 Å². The van der Waals surface area contributed by atoms with E-state index in [2.05, 4.69) is 53.8 Å². The first-order valence-corrected chi connectivity index (χ1v) is 22.2. The van der Waals surface area contributed by atoms with Gasteiger partial charge in [0.15, 0.2) is 5.78 Å². The molecule has 5 saturated carbocycles. The topological polar surface area (TPSA) is 127 Å². The minimum atomic E-state index is -1.19. The Balaban J connectivity index is 1.18. The largest absolute Gasteiger partial charge is 0.481 e. The van der Waals surface area contributed by atoms with Gasteiger partial charge in [-0.05, 0) is 147 Å². The Morgan fingerprint density at radius 1 is 0.860 bits per heavy atom. The number of Topliss-reactive ketones (excluding diaryl/α,β-unsaturated/α-hetero) is 2. The lowest BCUT2D eigenvalue weighted by Gasteiger charge is -2.72. The molecule has 0 aliphatic heterocycles. The number of halogens is 1. The second-order valence-electron chi connectivity index (χ2n) is 21.6. The average molecular weight is 805 g/mol. The van der Waals surface area contributed by atoms with Crippen LogP contribution in [0.15, 0.2) is 35.4 Å². The van der Waals surface area contributed by atoms with Crippen LogP contribution >= 0.6 is 11.6 Å². The number of amides is 1. The Kier molecular flexibility index (Phi) is 10.4. The van der Waals surface area contributed by atoms with Gasteiger partial charge < -0.3 is 15.2 Å². The zero-order valence-corrected chi connectivity index (χ0v) is 36.6. The van der Waals surface area contributed by atoms with Crippen LogP contribution in [0.5, 0.6) is 0 Å². The molecule has 57 heavy (non-hydrogen) atoms. The van der Waals surface area contributed by atoms with E-state index < -0.39 is 40.0 Å². The number of aliphatic carboxylic acids is 1. The number of ketones is 2. The Bertz CT molecular complexity index is 1890. The monoisotopic (exact) mass is 803 g/mol. The van der Waals surface area contributed by atoms with Gasteiger partial charge in [-0.1, -0.05) is 85.0 Å². The second-order valence-corrected chi connectivity index (χ2v) is 22.0. The van der Waals surface area contributed by atoms with Crippen molar-refractivity contribution in [1.82, 2.24) is 5.32 Å². The number of carbonyl (C=O) groups is 5. The van der Waals surface area contributed by atoms with Gasteiger partial charge in [-0.25, -0.2) is 0 Å². The van der Waals surface area contributed by atoms with E-state index in [1.807, 2.05) is 24.3 Å². The molecular weight excluding hydrogens is 738 g/mol. The third kappa shape index (κ3) is 6.29. The number of carboxylic acids is 1. The summed E-state index contributed by atoms with van der Waals surface area (Å²) in [6, 6.07) is 7.60. The third-order valence-electron chi connectivity index (χ3n) is 17.7. The van der Waals surface area contributed by atoms with Crippen molar-refractivity contribution < 1.29 is 33.8 Å². The lowest BCUT2D eigenvalue weighted by molar-refractivity contribution is -0.233. The van der Waals surface area contributed by atoms with Gasteiger partial charge in [0, 0.05) is 16.9 Å². The zero-order chi connectivity index (χ0) is 41.7. The van der Waals surface area contributed by atoms with Crippen molar-refractivity contribution in [3.63, 3.8) is 0 Å². The van der Waals surface area contributed by atoms with Crippen LogP contribution in [0.25, 0.3) is 0 Å². The van der Waals surface area contributed by atoms with Gasteiger partial charge in [0.2, 0.25) is 5.78 Å². The Morgan fingerprint density at radius 2 is 1.51 bits per heavy atom. The summed E-state index contributed by atoms with van der Waals surface area (Å²) in [4.78, 5) is 68.6. The first kappa shape index (κ1) is 42.1. The Morgan fingerprint density at radius 3 is 2.12 bits per heavy atom. The predicted octanol–water partition coefficient (Wildman–Crippen LogP) is 10.2. The summed E-state index contributed by atoms with van der Waals surface area (Å²) in [5, 5.41) is 13.5. The second kappa shape index (κ2) is 14.0. The average Bonchev–Trinajstić information content (AvgIpc) is 3.72. The fourth-order valence-corrected chi connectivity index (χ4v) is 14.6. The van der Waals surface area contributed by atoms with E-state index in [1.54, 1.807) is 13.8 Å². The van der Waals surface area contributed by atoms with Crippen LogP contribution in [0, 0.1) is 56.2 Å². The molecule has 0 aromatic heterocycles. The standard InChI is InChI=1S/C48H66ClNO7/c1-28(2)37-32(51)26-47(39(53)40(54)50-48(20-10-11-21-48)29-12-14-30(49)15-13-29)25-24-45(8)31(38(37)47)16-17-34-44(7)22-19-35(57-36(52)27-42(3,4)41(55)56)43(5,6)33(44)18-23-46(34,45)9/h12-15,28,31,33-35H,10-11,16-27H2,1-9H3,(H,50,54)(H,55,56)/t31-,33+,34-,35+,44+,45-,46-,47-/m1/s1. The fourth-order valence-electron chi connectivity index (χ4n) is 14.4. The quantitative estimate of drug-likeness (QED) is 0.188. The molecule has 0 bridgehead atoms. The molecule has 2 N–H and O–H groups in total. The first-order valence-electron chi connectivity index (χ1n) is 21.8. The van der Waals surface area contributed by atoms with E-state index in [0.717, 1.165) is 87.3 Å². The van der Waals surface area contributed by atoms with Crippen molar-refractivity contribution in [3.05, 3.63) is 46.0 Å². The van der Waals surface area contributed by atoms with E-state index in [9.17, 15) is 24.3 Å². The van der Waals surface area contributed by atoms with Crippen molar-refractivity contribution in [3.8, 4) is 0 Å². The molecule has 0 heterocycles. The zero-order valence-electron chi connectivity index (χ0n) is 35.9. The van der Waals surface area contributed by atoms with E-state index >= 15 is 4.79 Å². The number of rotatable bonds is 9. The van der Waals surface area contributed by atoms with Crippen LogP contribution < -0.4 is 5.32 Å². The maximum Gasteiger partial charge on any atom is 0.309 e. The molecule has 0 unspecified atom stereocenters. The van der Waals surface area contributed by atoms with Gasteiger partial charge in [-0.2, -0.15) is 0 Å². The van der Waals surface area contributed by atoms with Gasteiger partial charge in [-0.3, -0.25) is 24.0 Å². The molecule has 9 heteroatoms. The predicted molar refractivity (Wildman–Crippen MR) is 220 cm³/mol. The molecule has 5 fully saturated rings. The van der Waals surface area contributed by atoms with Crippen LogP contribution in [-0.4, -0.2) is 40.6 Å².